The molecule has 0 N–H and O–H groups in total. The number of thiazole rings is 1. The SMILES string of the molecule is CC(=O)SCC(=O)N(CC1CCCO1)c1nc2ccc(Cl)cc2s1. The fraction of sp³-hybridized carbons (Fsp3) is 0.438. The van der Waals surface area contributed by atoms with Crippen molar-refractivity contribution in [1.82, 2.24) is 4.98 Å². The summed E-state index contributed by atoms with van der Waals surface area (Å²) in [5.41, 5.74) is 0.809. The van der Waals surface area contributed by atoms with Gasteiger partial charge in [0, 0.05) is 18.6 Å². The van der Waals surface area contributed by atoms with E-state index in [9.17, 15) is 9.59 Å². The van der Waals surface area contributed by atoms with Crippen LogP contribution in [0.25, 0.3) is 10.2 Å². The van der Waals surface area contributed by atoms with Gasteiger partial charge in [-0.2, -0.15) is 0 Å². The van der Waals surface area contributed by atoms with Crippen LogP contribution in [0.15, 0.2) is 18.2 Å². The molecule has 2 aromatic rings. The minimum absolute atomic E-state index is 0.0203. The van der Waals surface area contributed by atoms with Crippen LogP contribution in [0.1, 0.15) is 19.8 Å². The molecule has 1 unspecified atom stereocenters. The number of halogens is 1. The minimum atomic E-state index is -0.129. The van der Waals surface area contributed by atoms with Crippen molar-refractivity contribution in [2.24, 2.45) is 0 Å². The lowest BCUT2D eigenvalue weighted by Crippen LogP contribution is -2.38. The highest BCUT2D eigenvalue weighted by atomic mass is 35.5. The molecule has 1 aromatic carbocycles. The highest BCUT2D eigenvalue weighted by Crippen LogP contribution is 2.32. The molecule has 1 aliphatic heterocycles. The Morgan fingerprint density at radius 3 is 3.04 bits per heavy atom. The average Bonchev–Trinajstić information content (AvgIpc) is 3.18. The fourth-order valence-electron chi connectivity index (χ4n) is 2.52. The van der Waals surface area contributed by atoms with Gasteiger partial charge < -0.3 is 4.74 Å². The molecule has 128 valence electrons. The number of nitrogens with zero attached hydrogens (tertiary/aromatic N) is 2. The summed E-state index contributed by atoms with van der Waals surface area (Å²) in [5, 5.41) is 1.19. The highest BCUT2D eigenvalue weighted by Gasteiger charge is 2.26. The van der Waals surface area contributed by atoms with Crippen molar-refractivity contribution in [1.29, 1.82) is 0 Å². The van der Waals surface area contributed by atoms with Crippen molar-refractivity contribution in [3.8, 4) is 0 Å². The standard InChI is InChI=1S/C16H17ClN2O3S2/c1-10(20)23-9-15(21)19(8-12-3-2-6-22-12)16-18-13-5-4-11(17)7-14(13)24-16/h4-5,7,12H,2-3,6,8-9H2,1H3. The average molecular weight is 385 g/mol. The number of hydrogen-bond donors (Lipinski definition) is 0. The van der Waals surface area contributed by atoms with Crippen LogP contribution in [-0.2, 0) is 14.3 Å². The van der Waals surface area contributed by atoms with E-state index in [1.165, 1.54) is 18.3 Å². The number of carbonyl (C=O) groups is 2. The number of carbonyl (C=O) groups excluding carboxylic acids is 2. The van der Waals surface area contributed by atoms with E-state index in [0.717, 1.165) is 41.4 Å². The first-order valence-electron chi connectivity index (χ1n) is 7.64. The molecule has 0 bridgehead atoms. The maximum atomic E-state index is 12.6. The van der Waals surface area contributed by atoms with E-state index in [1.807, 2.05) is 12.1 Å². The summed E-state index contributed by atoms with van der Waals surface area (Å²) in [7, 11) is 0. The molecule has 1 aromatic heterocycles. The van der Waals surface area contributed by atoms with E-state index in [0.29, 0.717) is 16.7 Å². The molecule has 8 heteroatoms. The Labute approximate surface area is 153 Å². The van der Waals surface area contributed by atoms with Crippen LogP contribution in [0.2, 0.25) is 5.02 Å². The summed E-state index contributed by atoms with van der Waals surface area (Å²) in [6, 6.07) is 5.47. The van der Waals surface area contributed by atoms with Gasteiger partial charge in [-0.25, -0.2) is 4.98 Å². The largest absolute Gasteiger partial charge is 0.376 e. The van der Waals surface area contributed by atoms with Gasteiger partial charge in [-0.05, 0) is 31.0 Å². The molecule has 1 saturated heterocycles. The van der Waals surface area contributed by atoms with Gasteiger partial charge in [0.25, 0.3) is 0 Å². The molecule has 1 atom stereocenters. The predicted octanol–water partition coefficient (Wildman–Crippen LogP) is 3.74. The second-order valence-corrected chi connectivity index (χ2v) is 8.13. The van der Waals surface area contributed by atoms with Gasteiger partial charge >= 0.3 is 0 Å². The van der Waals surface area contributed by atoms with Crippen LogP contribution in [0.3, 0.4) is 0 Å². The number of benzene rings is 1. The van der Waals surface area contributed by atoms with Gasteiger partial charge in [0.05, 0.1) is 28.6 Å². The topological polar surface area (TPSA) is 59.5 Å². The van der Waals surface area contributed by atoms with E-state index in [1.54, 1.807) is 11.0 Å². The van der Waals surface area contributed by atoms with E-state index >= 15 is 0 Å². The van der Waals surface area contributed by atoms with Crippen molar-refractivity contribution in [3.05, 3.63) is 23.2 Å². The zero-order valence-corrected chi connectivity index (χ0v) is 15.5. The number of ether oxygens (including phenoxy) is 1. The third kappa shape index (κ3) is 4.27. The minimum Gasteiger partial charge on any atom is -0.376 e. The molecule has 0 aliphatic carbocycles. The van der Waals surface area contributed by atoms with Gasteiger partial charge in [-0.1, -0.05) is 34.7 Å². The van der Waals surface area contributed by atoms with Crippen molar-refractivity contribution >= 4 is 61.1 Å². The summed E-state index contributed by atoms with van der Waals surface area (Å²) >= 11 is 8.47. The number of aromatic nitrogens is 1. The first kappa shape index (κ1) is 17.7. The second-order valence-electron chi connectivity index (χ2n) is 5.53. The maximum absolute atomic E-state index is 12.6. The van der Waals surface area contributed by atoms with Gasteiger partial charge in [0.15, 0.2) is 10.2 Å². The van der Waals surface area contributed by atoms with E-state index in [4.69, 9.17) is 16.3 Å². The van der Waals surface area contributed by atoms with Crippen molar-refractivity contribution in [2.45, 2.75) is 25.9 Å². The third-order valence-electron chi connectivity index (χ3n) is 3.68. The zero-order valence-electron chi connectivity index (χ0n) is 13.2. The molecule has 1 aliphatic rings. The molecule has 3 rings (SSSR count). The molecular formula is C16H17ClN2O3S2. The first-order valence-corrected chi connectivity index (χ1v) is 9.82. The second kappa shape index (κ2) is 7.82. The molecule has 0 spiro atoms. The number of hydrogen-bond acceptors (Lipinski definition) is 6. The Hall–Kier alpha value is -1.15. The van der Waals surface area contributed by atoms with Crippen LogP contribution >= 0.6 is 34.7 Å². The summed E-state index contributed by atoms with van der Waals surface area (Å²) in [6.45, 7) is 2.65. The Bertz CT molecular complexity index is 759. The summed E-state index contributed by atoms with van der Waals surface area (Å²) in [6.07, 6.45) is 1.96. The van der Waals surface area contributed by atoms with E-state index in [-0.39, 0.29) is 22.9 Å². The lowest BCUT2D eigenvalue weighted by Gasteiger charge is -2.22. The third-order valence-corrected chi connectivity index (χ3v) is 5.75. The zero-order chi connectivity index (χ0) is 17.1. The summed E-state index contributed by atoms with van der Waals surface area (Å²) in [5.74, 6) is -0.0190. The molecular weight excluding hydrogens is 368 g/mol. The lowest BCUT2D eigenvalue weighted by atomic mass is 10.2. The van der Waals surface area contributed by atoms with Crippen molar-refractivity contribution in [2.75, 3.05) is 23.8 Å². The summed E-state index contributed by atoms with van der Waals surface area (Å²) in [4.78, 5) is 30.0. The first-order chi connectivity index (χ1) is 11.5. The van der Waals surface area contributed by atoms with Crippen molar-refractivity contribution < 1.29 is 14.3 Å². The van der Waals surface area contributed by atoms with Crippen molar-refractivity contribution in [3.63, 3.8) is 0 Å². The Morgan fingerprint density at radius 1 is 1.50 bits per heavy atom. The lowest BCUT2D eigenvalue weighted by molar-refractivity contribution is -0.117. The normalized spacial score (nSPS) is 17.3. The number of thioether (sulfide) groups is 1. The molecule has 24 heavy (non-hydrogen) atoms. The Morgan fingerprint density at radius 2 is 2.33 bits per heavy atom. The molecule has 1 fully saturated rings. The molecule has 2 heterocycles. The van der Waals surface area contributed by atoms with Crippen LogP contribution in [-0.4, -0.2) is 41.0 Å². The molecule has 1 amide bonds. The van der Waals surface area contributed by atoms with Gasteiger partial charge in [0.1, 0.15) is 0 Å². The smallest absolute Gasteiger partial charge is 0.239 e. The Balaban J connectivity index is 1.85. The van der Waals surface area contributed by atoms with Crippen LogP contribution in [0.5, 0.6) is 0 Å². The van der Waals surface area contributed by atoms with Crippen LogP contribution < -0.4 is 4.90 Å². The van der Waals surface area contributed by atoms with Gasteiger partial charge in [0.2, 0.25) is 5.91 Å². The number of anilines is 1. The van der Waals surface area contributed by atoms with Gasteiger partial charge in [-0.3, -0.25) is 14.5 Å². The van der Waals surface area contributed by atoms with Crippen LogP contribution in [0, 0.1) is 0 Å². The maximum Gasteiger partial charge on any atom is 0.239 e. The monoisotopic (exact) mass is 384 g/mol. The molecule has 0 radical (unpaired) electrons. The quantitative estimate of drug-likeness (QED) is 0.785. The van der Waals surface area contributed by atoms with Crippen LogP contribution in [0.4, 0.5) is 5.13 Å². The van der Waals surface area contributed by atoms with E-state index in [2.05, 4.69) is 4.98 Å². The van der Waals surface area contributed by atoms with E-state index < -0.39 is 0 Å². The number of amides is 1. The predicted molar refractivity (Wildman–Crippen MR) is 99.1 cm³/mol. The summed E-state index contributed by atoms with van der Waals surface area (Å²) < 4.78 is 6.59. The number of fused-ring (bicyclic) bond motifs is 1. The van der Waals surface area contributed by atoms with Gasteiger partial charge in [-0.15, -0.1) is 0 Å². The number of rotatable bonds is 5. The molecule has 5 nitrogen and oxygen atoms in total. The highest BCUT2D eigenvalue weighted by molar-refractivity contribution is 8.14. The molecule has 0 saturated carbocycles. The Kier molecular flexibility index (Phi) is 5.76. The fourth-order valence-corrected chi connectivity index (χ4v) is 4.27.